The van der Waals surface area contributed by atoms with Crippen LogP contribution in [0.5, 0.6) is 0 Å². The van der Waals surface area contributed by atoms with Crippen molar-refractivity contribution in [3.8, 4) is 11.3 Å². The minimum absolute atomic E-state index is 0.0000125. The highest BCUT2D eigenvalue weighted by molar-refractivity contribution is 5.85. The van der Waals surface area contributed by atoms with Crippen molar-refractivity contribution in [1.82, 2.24) is 9.97 Å². The third kappa shape index (κ3) is 4.54. The number of carboxylic acid groups (broad SMARTS) is 2. The van der Waals surface area contributed by atoms with E-state index in [1.165, 1.54) is 0 Å². The molecule has 180 valence electrons. The van der Waals surface area contributed by atoms with Crippen LogP contribution in [0.2, 0.25) is 0 Å². The van der Waals surface area contributed by atoms with E-state index in [4.69, 9.17) is 19.4 Å². The third-order valence-electron chi connectivity index (χ3n) is 6.26. The van der Waals surface area contributed by atoms with Crippen molar-refractivity contribution in [3.63, 3.8) is 0 Å². The number of para-hydroxylation sites is 2. The highest BCUT2D eigenvalue weighted by Crippen LogP contribution is 2.53. The van der Waals surface area contributed by atoms with Gasteiger partial charge in [0.15, 0.2) is 0 Å². The number of hydrogen-bond acceptors (Lipinski definition) is 8. The molecule has 0 saturated heterocycles. The topological polar surface area (TPSA) is 153 Å². The number of hydrogen-bond donors (Lipinski definition) is 2. The van der Waals surface area contributed by atoms with Crippen molar-refractivity contribution in [2.24, 2.45) is 5.92 Å². The Bertz CT molecular complexity index is 1290. The molecule has 1 aliphatic rings. The van der Waals surface area contributed by atoms with Gasteiger partial charge in [-0.1, -0.05) is 36.4 Å². The quantitative estimate of drug-likeness (QED) is 0.371. The Morgan fingerprint density at radius 2 is 1.63 bits per heavy atom. The molecule has 0 fully saturated rings. The van der Waals surface area contributed by atoms with E-state index in [2.05, 4.69) is 0 Å². The van der Waals surface area contributed by atoms with Crippen molar-refractivity contribution in [2.45, 2.75) is 30.8 Å². The van der Waals surface area contributed by atoms with Crippen LogP contribution < -0.4 is 0 Å². The maximum atomic E-state index is 12.1. The fourth-order valence-electron chi connectivity index (χ4n) is 4.89. The maximum Gasteiger partial charge on any atom is 0.307 e. The monoisotopic (exact) mass is 478 g/mol. The van der Waals surface area contributed by atoms with Crippen LogP contribution in [-0.4, -0.2) is 57.8 Å². The van der Waals surface area contributed by atoms with E-state index >= 15 is 0 Å². The second-order valence-corrected chi connectivity index (χ2v) is 8.36. The van der Waals surface area contributed by atoms with Crippen LogP contribution in [0.1, 0.15) is 30.5 Å². The smallest absolute Gasteiger partial charge is 0.307 e. The van der Waals surface area contributed by atoms with Gasteiger partial charge in [0.2, 0.25) is 0 Å². The van der Waals surface area contributed by atoms with Crippen LogP contribution in [0, 0.1) is 5.92 Å². The van der Waals surface area contributed by atoms with Crippen LogP contribution >= 0.6 is 0 Å². The Hall–Kier alpha value is -4.34. The van der Waals surface area contributed by atoms with Gasteiger partial charge in [-0.25, -0.2) is 9.97 Å². The summed E-state index contributed by atoms with van der Waals surface area (Å²) >= 11 is 0. The first-order valence-corrected chi connectivity index (χ1v) is 10.9. The van der Waals surface area contributed by atoms with Crippen LogP contribution in [0.3, 0.4) is 0 Å². The third-order valence-corrected chi connectivity index (χ3v) is 6.26. The van der Waals surface area contributed by atoms with E-state index in [1.807, 2.05) is 30.3 Å². The fraction of sp³-hybridized carbons (Fsp3) is 0.280. The Morgan fingerprint density at radius 1 is 0.943 bits per heavy atom. The molecule has 0 spiro atoms. The van der Waals surface area contributed by atoms with Gasteiger partial charge >= 0.3 is 11.9 Å². The van der Waals surface area contributed by atoms with Gasteiger partial charge in [0.25, 0.3) is 12.9 Å². The van der Waals surface area contributed by atoms with E-state index < -0.39 is 35.8 Å². The van der Waals surface area contributed by atoms with E-state index in [0.29, 0.717) is 28.0 Å². The molecule has 0 radical (unpaired) electrons. The van der Waals surface area contributed by atoms with E-state index in [-0.39, 0.29) is 32.4 Å². The molecule has 3 aromatic rings. The molecule has 1 heterocycles. The van der Waals surface area contributed by atoms with Crippen molar-refractivity contribution < 1.29 is 38.9 Å². The summed E-state index contributed by atoms with van der Waals surface area (Å²) < 4.78 is 10.1. The zero-order valence-corrected chi connectivity index (χ0v) is 18.5. The zero-order chi connectivity index (χ0) is 25.0. The van der Waals surface area contributed by atoms with Crippen molar-refractivity contribution in [3.05, 3.63) is 59.8 Å². The first kappa shape index (κ1) is 23.8. The number of aliphatic carboxylic acids is 2. The molecular weight excluding hydrogens is 456 g/mol. The molecule has 35 heavy (non-hydrogen) atoms. The second kappa shape index (κ2) is 9.88. The predicted molar refractivity (Wildman–Crippen MR) is 121 cm³/mol. The lowest BCUT2D eigenvalue weighted by Crippen LogP contribution is -2.38. The lowest BCUT2D eigenvalue weighted by Gasteiger charge is -2.35. The number of ether oxygens (including phenoxy) is 2. The number of carbonyl (C=O) groups excluding carboxylic acids is 2. The summed E-state index contributed by atoms with van der Waals surface area (Å²) in [5, 5.41) is 19.3. The second-order valence-electron chi connectivity index (χ2n) is 8.36. The van der Waals surface area contributed by atoms with Gasteiger partial charge in [-0.15, -0.1) is 0 Å². The Morgan fingerprint density at radius 3 is 2.29 bits per heavy atom. The average Bonchev–Trinajstić information content (AvgIpc) is 3.09. The highest BCUT2D eigenvalue weighted by atomic mass is 16.6. The minimum atomic E-state index is -1.27. The zero-order valence-electron chi connectivity index (χ0n) is 18.5. The summed E-state index contributed by atoms with van der Waals surface area (Å²) in [4.78, 5) is 55.3. The molecule has 0 saturated carbocycles. The summed E-state index contributed by atoms with van der Waals surface area (Å²) in [5.74, 6) is -3.80. The van der Waals surface area contributed by atoms with Crippen molar-refractivity contribution in [2.75, 3.05) is 6.61 Å². The van der Waals surface area contributed by atoms with Crippen LogP contribution in [0.4, 0.5) is 0 Å². The average molecular weight is 478 g/mol. The molecule has 1 aromatic heterocycles. The molecule has 0 amide bonds. The van der Waals surface area contributed by atoms with Crippen molar-refractivity contribution >= 4 is 35.9 Å². The molecule has 4 rings (SSSR count). The predicted octanol–water partition coefficient (Wildman–Crippen LogP) is 2.57. The number of nitrogens with zero attached hydrogens (tertiary/aromatic N) is 2. The van der Waals surface area contributed by atoms with Gasteiger partial charge in [0, 0.05) is 17.4 Å². The summed E-state index contributed by atoms with van der Waals surface area (Å²) in [6.07, 6.45) is -1.70. The summed E-state index contributed by atoms with van der Waals surface area (Å²) in [5.41, 5.74) is 2.45. The first-order chi connectivity index (χ1) is 16.9. The maximum absolute atomic E-state index is 12.1. The summed E-state index contributed by atoms with van der Waals surface area (Å²) in [6.45, 7) is 0.188. The van der Waals surface area contributed by atoms with Gasteiger partial charge < -0.3 is 19.7 Å². The van der Waals surface area contributed by atoms with Crippen molar-refractivity contribution in [1.29, 1.82) is 0 Å². The normalized spacial score (nSPS) is 17.6. The molecule has 2 N–H and O–H groups in total. The molecule has 0 aliphatic heterocycles. The van der Waals surface area contributed by atoms with Gasteiger partial charge in [0.05, 0.1) is 34.8 Å². The van der Waals surface area contributed by atoms with Crippen LogP contribution in [0.25, 0.3) is 22.3 Å². The van der Waals surface area contributed by atoms with Gasteiger partial charge in [-0.05, 0) is 24.1 Å². The SMILES string of the molecule is O=COCC(CC1(CC(CC(=O)O)C(=O)O)c2ccccc2-c2nc3ccccc3nc21)OC=O. The molecule has 10 nitrogen and oxygen atoms in total. The molecular formula is C25H22N2O8. The molecule has 1 aliphatic carbocycles. The number of carboxylic acids is 2. The number of aromatic nitrogens is 2. The number of carbonyl (C=O) groups is 4. The highest BCUT2D eigenvalue weighted by Gasteiger charge is 2.50. The van der Waals surface area contributed by atoms with Crippen LogP contribution in [-0.2, 0) is 34.1 Å². The Kier molecular flexibility index (Phi) is 6.72. The summed E-state index contributed by atoms with van der Waals surface area (Å²) in [7, 11) is 0. The van der Waals surface area contributed by atoms with E-state index in [9.17, 15) is 29.4 Å². The molecule has 0 bridgehead atoms. The van der Waals surface area contributed by atoms with Gasteiger partial charge in [-0.2, -0.15) is 0 Å². The Balaban J connectivity index is 1.96. The lowest BCUT2D eigenvalue weighted by molar-refractivity contribution is -0.149. The van der Waals surface area contributed by atoms with Crippen LogP contribution in [0.15, 0.2) is 48.5 Å². The van der Waals surface area contributed by atoms with Gasteiger partial charge in [-0.3, -0.25) is 19.2 Å². The number of benzene rings is 2. The fourth-order valence-corrected chi connectivity index (χ4v) is 4.89. The number of fused-ring (bicyclic) bond motifs is 4. The molecule has 10 heteroatoms. The molecule has 3 unspecified atom stereocenters. The van der Waals surface area contributed by atoms with Gasteiger partial charge in [0.1, 0.15) is 12.7 Å². The minimum Gasteiger partial charge on any atom is -0.481 e. The largest absolute Gasteiger partial charge is 0.481 e. The molecule has 2 aromatic carbocycles. The number of rotatable bonds is 12. The van der Waals surface area contributed by atoms with E-state index in [0.717, 1.165) is 5.56 Å². The first-order valence-electron chi connectivity index (χ1n) is 10.9. The Labute approximate surface area is 199 Å². The standard InChI is InChI=1S/C25H22N2O8/c28-13-34-12-16(35-14-29)11-25(10-15(24(32)33)9-21(30)31)18-6-2-1-5-17(18)22-23(25)27-20-8-4-3-7-19(20)26-22/h1-8,13-16H,9-12H2,(H,30,31)(H,32,33). The van der Waals surface area contributed by atoms with E-state index in [1.54, 1.807) is 18.2 Å². The summed E-state index contributed by atoms with van der Waals surface area (Å²) in [6, 6.07) is 14.5. The lowest BCUT2D eigenvalue weighted by atomic mass is 9.69. The molecule has 3 atom stereocenters.